The normalized spacial score (nSPS) is 21.3. The summed E-state index contributed by atoms with van der Waals surface area (Å²) in [5.74, 6) is 0.748. The van der Waals surface area contributed by atoms with Gasteiger partial charge in [0.25, 0.3) is 0 Å². The Hall–Kier alpha value is -1.35. The van der Waals surface area contributed by atoms with E-state index in [4.69, 9.17) is 0 Å². The Morgan fingerprint density at radius 2 is 2.16 bits per heavy atom. The first-order valence-electron chi connectivity index (χ1n) is 7.38. The largest absolute Gasteiger partial charge is 0.326 e. The lowest BCUT2D eigenvalue weighted by atomic mass is 10.0. The molecule has 0 radical (unpaired) electrons. The zero-order chi connectivity index (χ0) is 13.2. The smallest absolute Gasteiger partial charge is 0.0961 e. The van der Waals surface area contributed by atoms with E-state index < -0.39 is 0 Å². The molecule has 3 nitrogen and oxygen atoms in total. The molecule has 2 heterocycles. The van der Waals surface area contributed by atoms with E-state index in [1.807, 2.05) is 6.33 Å². The average Bonchev–Trinajstić information content (AvgIpc) is 2.82. The number of rotatable bonds is 3. The summed E-state index contributed by atoms with van der Waals surface area (Å²) in [5.41, 5.74) is 2.39. The van der Waals surface area contributed by atoms with E-state index in [0.717, 1.165) is 11.4 Å². The number of imidazole rings is 1. The predicted octanol–water partition coefficient (Wildman–Crippen LogP) is 3.33. The molecule has 102 valence electrons. The number of fused-ring (bicyclic) bond motifs is 1. The van der Waals surface area contributed by atoms with Crippen molar-refractivity contribution in [1.82, 2.24) is 14.5 Å². The molecule has 0 amide bonds. The number of likely N-dealkylation sites (tertiary alicyclic amines) is 1. The first-order chi connectivity index (χ1) is 9.24. The van der Waals surface area contributed by atoms with Crippen LogP contribution in [0, 0.1) is 5.92 Å². The molecule has 19 heavy (non-hydrogen) atoms. The fourth-order valence-electron chi connectivity index (χ4n) is 3.21. The molecule has 0 N–H and O–H groups in total. The third-order valence-corrected chi connectivity index (χ3v) is 3.98. The van der Waals surface area contributed by atoms with Crippen LogP contribution in [-0.2, 0) is 0 Å². The van der Waals surface area contributed by atoms with Crippen molar-refractivity contribution < 1.29 is 0 Å². The Morgan fingerprint density at radius 1 is 1.32 bits per heavy atom. The summed E-state index contributed by atoms with van der Waals surface area (Å²) < 4.78 is 2.38. The first kappa shape index (κ1) is 12.7. The third-order valence-electron chi connectivity index (χ3n) is 3.98. The van der Waals surface area contributed by atoms with Gasteiger partial charge in [-0.3, -0.25) is 0 Å². The zero-order valence-corrected chi connectivity index (χ0v) is 11.9. The lowest BCUT2D eigenvalue weighted by Gasteiger charge is -2.34. The van der Waals surface area contributed by atoms with Crippen LogP contribution in [0.1, 0.15) is 32.7 Å². The SMILES string of the molecule is CC(C)CN1CCCC(n2cnc3ccccc32)C1. The number of aromatic nitrogens is 2. The van der Waals surface area contributed by atoms with E-state index in [1.54, 1.807) is 0 Å². The zero-order valence-electron chi connectivity index (χ0n) is 11.9. The molecular formula is C16H23N3. The highest BCUT2D eigenvalue weighted by Crippen LogP contribution is 2.25. The van der Waals surface area contributed by atoms with Gasteiger partial charge in [0, 0.05) is 19.1 Å². The minimum absolute atomic E-state index is 0.583. The second kappa shape index (κ2) is 5.33. The maximum atomic E-state index is 4.52. The Labute approximate surface area is 115 Å². The fourth-order valence-corrected chi connectivity index (χ4v) is 3.21. The Balaban J connectivity index is 1.81. The van der Waals surface area contributed by atoms with Crippen LogP contribution in [0.5, 0.6) is 0 Å². The molecule has 0 spiro atoms. The quantitative estimate of drug-likeness (QED) is 0.841. The molecule has 2 aromatic rings. The molecule has 1 fully saturated rings. The molecular weight excluding hydrogens is 234 g/mol. The number of hydrogen-bond acceptors (Lipinski definition) is 2. The molecule has 0 aliphatic carbocycles. The van der Waals surface area contributed by atoms with Gasteiger partial charge in [-0.1, -0.05) is 26.0 Å². The van der Waals surface area contributed by atoms with Crippen molar-refractivity contribution in [2.24, 2.45) is 5.92 Å². The predicted molar refractivity (Wildman–Crippen MR) is 79.3 cm³/mol. The Morgan fingerprint density at radius 3 is 3.00 bits per heavy atom. The van der Waals surface area contributed by atoms with Crippen LogP contribution < -0.4 is 0 Å². The van der Waals surface area contributed by atoms with Crippen LogP contribution in [0.15, 0.2) is 30.6 Å². The fraction of sp³-hybridized carbons (Fsp3) is 0.562. The van der Waals surface area contributed by atoms with Gasteiger partial charge in [-0.15, -0.1) is 0 Å². The first-order valence-corrected chi connectivity index (χ1v) is 7.38. The maximum absolute atomic E-state index is 4.52. The van der Waals surface area contributed by atoms with Crippen molar-refractivity contribution in [1.29, 1.82) is 0 Å². The summed E-state index contributed by atoms with van der Waals surface area (Å²) in [6.45, 7) is 8.23. The molecule has 0 bridgehead atoms. The van der Waals surface area contributed by atoms with Crippen molar-refractivity contribution in [2.75, 3.05) is 19.6 Å². The minimum Gasteiger partial charge on any atom is -0.326 e. The maximum Gasteiger partial charge on any atom is 0.0961 e. The number of hydrogen-bond donors (Lipinski definition) is 0. The van der Waals surface area contributed by atoms with E-state index in [-0.39, 0.29) is 0 Å². The standard InChI is InChI=1S/C16H23N3/c1-13(2)10-18-9-5-6-14(11-18)19-12-17-15-7-3-4-8-16(15)19/h3-4,7-8,12-14H,5-6,9-11H2,1-2H3. The third kappa shape index (κ3) is 2.66. The molecule has 0 saturated carbocycles. The van der Waals surface area contributed by atoms with Gasteiger partial charge in [0.2, 0.25) is 0 Å². The highest BCUT2D eigenvalue weighted by atomic mass is 15.2. The molecule has 1 aromatic carbocycles. The highest BCUT2D eigenvalue weighted by molar-refractivity contribution is 5.75. The lowest BCUT2D eigenvalue weighted by molar-refractivity contribution is 0.163. The molecule has 1 aliphatic heterocycles. The van der Waals surface area contributed by atoms with Gasteiger partial charge >= 0.3 is 0 Å². The molecule has 1 saturated heterocycles. The number of benzene rings is 1. The van der Waals surface area contributed by atoms with E-state index >= 15 is 0 Å². The van der Waals surface area contributed by atoms with Gasteiger partial charge in [-0.2, -0.15) is 0 Å². The topological polar surface area (TPSA) is 21.1 Å². The van der Waals surface area contributed by atoms with E-state index in [9.17, 15) is 0 Å². The highest BCUT2D eigenvalue weighted by Gasteiger charge is 2.22. The van der Waals surface area contributed by atoms with Gasteiger partial charge in [0.15, 0.2) is 0 Å². The summed E-state index contributed by atoms with van der Waals surface area (Å²) >= 11 is 0. The summed E-state index contributed by atoms with van der Waals surface area (Å²) in [4.78, 5) is 7.13. The van der Waals surface area contributed by atoms with Crippen molar-refractivity contribution in [3.8, 4) is 0 Å². The molecule has 1 aliphatic rings. The second-order valence-corrected chi connectivity index (χ2v) is 6.09. The number of nitrogens with zero attached hydrogens (tertiary/aromatic N) is 3. The van der Waals surface area contributed by atoms with Crippen LogP contribution in [0.3, 0.4) is 0 Å². The molecule has 3 rings (SSSR count). The summed E-state index contributed by atoms with van der Waals surface area (Å²) in [6.07, 6.45) is 4.59. The second-order valence-electron chi connectivity index (χ2n) is 6.09. The van der Waals surface area contributed by atoms with E-state index in [0.29, 0.717) is 6.04 Å². The van der Waals surface area contributed by atoms with Gasteiger partial charge < -0.3 is 9.47 Å². The van der Waals surface area contributed by atoms with E-state index in [2.05, 4.69) is 52.6 Å². The summed E-state index contributed by atoms with van der Waals surface area (Å²) in [7, 11) is 0. The minimum atomic E-state index is 0.583. The van der Waals surface area contributed by atoms with Gasteiger partial charge in [0.05, 0.1) is 17.4 Å². The van der Waals surface area contributed by atoms with Gasteiger partial charge in [-0.25, -0.2) is 4.98 Å². The van der Waals surface area contributed by atoms with Gasteiger partial charge in [-0.05, 0) is 37.4 Å². The Bertz CT molecular complexity index is 544. The van der Waals surface area contributed by atoms with Crippen molar-refractivity contribution in [2.45, 2.75) is 32.7 Å². The average molecular weight is 257 g/mol. The van der Waals surface area contributed by atoms with Gasteiger partial charge in [0.1, 0.15) is 0 Å². The van der Waals surface area contributed by atoms with Crippen LogP contribution in [0.4, 0.5) is 0 Å². The van der Waals surface area contributed by atoms with E-state index in [1.165, 1.54) is 38.0 Å². The number of para-hydroxylation sites is 2. The molecule has 3 heteroatoms. The van der Waals surface area contributed by atoms with Crippen LogP contribution in [-0.4, -0.2) is 34.1 Å². The van der Waals surface area contributed by atoms with Crippen molar-refractivity contribution >= 4 is 11.0 Å². The summed E-state index contributed by atoms with van der Waals surface area (Å²) in [6, 6.07) is 9.03. The number of piperidine rings is 1. The Kier molecular flexibility index (Phi) is 3.56. The van der Waals surface area contributed by atoms with Crippen molar-refractivity contribution in [3.05, 3.63) is 30.6 Å². The van der Waals surface area contributed by atoms with Crippen LogP contribution >= 0.6 is 0 Å². The monoisotopic (exact) mass is 257 g/mol. The summed E-state index contributed by atoms with van der Waals surface area (Å²) in [5, 5.41) is 0. The molecule has 1 atom stereocenters. The lowest BCUT2D eigenvalue weighted by Crippen LogP contribution is -2.38. The molecule has 1 unspecified atom stereocenters. The molecule has 1 aromatic heterocycles. The van der Waals surface area contributed by atoms with Crippen LogP contribution in [0.25, 0.3) is 11.0 Å². The van der Waals surface area contributed by atoms with Crippen molar-refractivity contribution in [3.63, 3.8) is 0 Å². The van der Waals surface area contributed by atoms with Crippen LogP contribution in [0.2, 0.25) is 0 Å².